The minimum absolute atomic E-state index is 0.374. The monoisotopic (exact) mass is 355 g/mol. The number of hydrogen-bond donors (Lipinski definition) is 2. The zero-order valence-electron chi connectivity index (χ0n) is 10.7. The maximum absolute atomic E-state index is 5.74. The second-order valence-corrected chi connectivity index (χ2v) is 6.61. The Labute approximate surface area is 130 Å². The highest BCUT2D eigenvalue weighted by Gasteiger charge is 2.10. The summed E-state index contributed by atoms with van der Waals surface area (Å²) < 4.78 is 0.971. The number of nitrogens with zero attached hydrogens (tertiary/aromatic N) is 1. The van der Waals surface area contributed by atoms with Crippen LogP contribution in [0.1, 0.15) is 23.1 Å². The second kappa shape index (κ2) is 5.98. The molecular weight excluding hydrogens is 342 g/mol. The van der Waals surface area contributed by atoms with E-state index in [1.54, 1.807) is 11.3 Å². The number of aryl methyl sites for hydroxylation is 2. The van der Waals surface area contributed by atoms with Crippen molar-refractivity contribution < 1.29 is 0 Å². The molecule has 0 bridgehead atoms. The van der Waals surface area contributed by atoms with Crippen LogP contribution in [0.4, 0.5) is 10.8 Å². The van der Waals surface area contributed by atoms with E-state index in [1.165, 1.54) is 4.88 Å². The molecule has 19 heavy (non-hydrogen) atoms. The van der Waals surface area contributed by atoms with Gasteiger partial charge in [-0.25, -0.2) is 4.98 Å². The molecular formula is C13H14BrN3S2. The molecule has 2 aromatic rings. The van der Waals surface area contributed by atoms with E-state index in [0.29, 0.717) is 4.99 Å². The van der Waals surface area contributed by atoms with Gasteiger partial charge in [0.15, 0.2) is 5.13 Å². The quantitative estimate of drug-likeness (QED) is 0.808. The van der Waals surface area contributed by atoms with Crippen molar-refractivity contribution in [2.75, 3.05) is 5.32 Å². The fourth-order valence-electron chi connectivity index (χ4n) is 1.76. The first kappa shape index (κ1) is 14.4. The topological polar surface area (TPSA) is 50.9 Å². The second-order valence-electron chi connectivity index (χ2n) is 4.05. The first-order valence-corrected chi connectivity index (χ1v) is 7.85. The number of aromatic nitrogens is 1. The zero-order chi connectivity index (χ0) is 14.0. The van der Waals surface area contributed by atoms with E-state index in [0.717, 1.165) is 33.0 Å². The normalized spacial score (nSPS) is 10.5. The lowest BCUT2D eigenvalue weighted by atomic mass is 10.2. The Bertz CT molecular complexity index is 622. The van der Waals surface area contributed by atoms with E-state index >= 15 is 0 Å². The van der Waals surface area contributed by atoms with E-state index in [2.05, 4.69) is 40.1 Å². The molecule has 6 heteroatoms. The summed E-state index contributed by atoms with van der Waals surface area (Å²) in [7, 11) is 0. The molecule has 100 valence electrons. The van der Waals surface area contributed by atoms with Crippen molar-refractivity contribution in [2.45, 2.75) is 20.3 Å². The van der Waals surface area contributed by atoms with Crippen LogP contribution >= 0.6 is 39.5 Å². The number of anilines is 2. The van der Waals surface area contributed by atoms with Crippen molar-refractivity contribution in [3.8, 4) is 0 Å². The minimum Gasteiger partial charge on any atom is -0.389 e. The molecule has 0 atom stereocenters. The summed E-state index contributed by atoms with van der Waals surface area (Å²) >= 11 is 10.2. The number of thiazole rings is 1. The van der Waals surface area contributed by atoms with Gasteiger partial charge >= 0.3 is 0 Å². The van der Waals surface area contributed by atoms with Crippen LogP contribution in [0.3, 0.4) is 0 Å². The van der Waals surface area contributed by atoms with E-state index in [-0.39, 0.29) is 0 Å². The Morgan fingerprint density at radius 2 is 2.26 bits per heavy atom. The molecule has 0 radical (unpaired) electrons. The molecule has 0 spiro atoms. The van der Waals surface area contributed by atoms with Crippen LogP contribution in [0.15, 0.2) is 22.7 Å². The van der Waals surface area contributed by atoms with Crippen molar-refractivity contribution in [1.29, 1.82) is 0 Å². The number of nitrogens with two attached hydrogens (primary N) is 1. The van der Waals surface area contributed by atoms with E-state index in [9.17, 15) is 0 Å². The van der Waals surface area contributed by atoms with Crippen molar-refractivity contribution in [3.05, 3.63) is 38.8 Å². The molecule has 1 aromatic heterocycles. The van der Waals surface area contributed by atoms with Gasteiger partial charge in [-0.2, -0.15) is 0 Å². The number of rotatable bonds is 4. The molecule has 0 amide bonds. The standard InChI is InChI=1S/C13H14BrN3S2/c1-3-10-7(2)19-13(16-10)17-11-6-8(14)4-5-9(11)12(15)18/h4-6H,3H2,1-2H3,(H2,15,18)(H,16,17). The Hall–Kier alpha value is -0.980. The van der Waals surface area contributed by atoms with Gasteiger partial charge in [0.05, 0.1) is 11.4 Å². The fourth-order valence-corrected chi connectivity index (χ4v) is 3.21. The summed E-state index contributed by atoms with van der Waals surface area (Å²) in [5.41, 5.74) is 8.56. The maximum Gasteiger partial charge on any atom is 0.187 e. The molecule has 3 nitrogen and oxygen atoms in total. The molecule has 1 heterocycles. The van der Waals surface area contributed by atoms with Gasteiger partial charge in [0.25, 0.3) is 0 Å². The lowest BCUT2D eigenvalue weighted by molar-refractivity contribution is 1.05. The summed E-state index contributed by atoms with van der Waals surface area (Å²) in [4.78, 5) is 6.17. The molecule has 0 aliphatic heterocycles. The summed E-state index contributed by atoms with van der Waals surface area (Å²) in [5, 5.41) is 4.17. The van der Waals surface area contributed by atoms with E-state index in [1.807, 2.05) is 18.2 Å². The van der Waals surface area contributed by atoms with Crippen molar-refractivity contribution >= 4 is 55.3 Å². The summed E-state index contributed by atoms with van der Waals surface area (Å²) in [5.74, 6) is 0. The van der Waals surface area contributed by atoms with Crippen LogP contribution in [0.25, 0.3) is 0 Å². The van der Waals surface area contributed by atoms with E-state index < -0.39 is 0 Å². The van der Waals surface area contributed by atoms with E-state index in [4.69, 9.17) is 18.0 Å². The first-order valence-electron chi connectivity index (χ1n) is 5.84. The average molecular weight is 356 g/mol. The Balaban J connectivity index is 2.36. The average Bonchev–Trinajstić information content (AvgIpc) is 2.69. The lowest BCUT2D eigenvalue weighted by Gasteiger charge is -2.09. The largest absolute Gasteiger partial charge is 0.389 e. The summed E-state index contributed by atoms with van der Waals surface area (Å²) in [6.45, 7) is 4.18. The van der Waals surface area contributed by atoms with Crippen LogP contribution < -0.4 is 11.1 Å². The molecule has 0 saturated heterocycles. The molecule has 1 aromatic carbocycles. The Morgan fingerprint density at radius 3 is 2.84 bits per heavy atom. The maximum atomic E-state index is 5.74. The number of thiocarbonyl (C=S) groups is 1. The van der Waals surface area contributed by atoms with Gasteiger partial charge in [0.2, 0.25) is 0 Å². The van der Waals surface area contributed by atoms with Gasteiger partial charge in [-0.05, 0) is 31.5 Å². The summed E-state index contributed by atoms with van der Waals surface area (Å²) in [6.07, 6.45) is 0.935. The molecule has 0 aliphatic rings. The van der Waals surface area contributed by atoms with Crippen molar-refractivity contribution in [1.82, 2.24) is 4.98 Å². The van der Waals surface area contributed by atoms with Gasteiger partial charge in [-0.1, -0.05) is 35.1 Å². The smallest absolute Gasteiger partial charge is 0.187 e. The molecule has 2 rings (SSSR count). The predicted octanol–water partition coefficient (Wildman–Crippen LogP) is 4.15. The van der Waals surface area contributed by atoms with Gasteiger partial charge in [0, 0.05) is 14.9 Å². The molecule has 0 unspecified atom stereocenters. The SMILES string of the molecule is CCc1nc(Nc2cc(Br)ccc2C(N)=S)sc1C. The first-order chi connectivity index (χ1) is 9.01. The number of halogens is 1. The molecule has 0 fully saturated rings. The molecule has 0 aliphatic carbocycles. The number of hydrogen-bond acceptors (Lipinski definition) is 4. The molecule has 3 N–H and O–H groups in total. The fraction of sp³-hybridized carbons (Fsp3) is 0.231. The van der Waals surface area contributed by atoms with Crippen LogP contribution in [0, 0.1) is 6.92 Å². The lowest BCUT2D eigenvalue weighted by Crippen LogP contribution is -2.11. The molecule has 0 saturated carbocycles. The Morgan fingerprint density at radius 1 is 1.53 bits per heavy atom. The third-order valence-electron chi connectivity index (χ3n) is 2.72. The van der Waals surface area contributed by atoms with Gasteiger partial charge in [0.1, 0.15) is 4.99 Å². The highest BCUT2D eigenvalue weighted by Crippen LogP contribution is 2.29. The summed E-state index contributed by atoms with van der Waals surface area (Å²) in [6, 6.07) is 5.77. The van der Waals surface area contributed by atoms with Gasteiger partial charge < -0.3 is 11.1 Å². The van der Waals surface area contributed by atoms with Crippen LogP contribution in [-0.2, 0) is 6.42 Å². The predicted molar refractivity (Wildman–Crippen MR) is 89.5 cm³/mol. The van der Waals surface area contributed by atoms with Gasteiger partial charge in [-0.15, -0.1) is 11.3 Å². The number of benzene rings is 1. The zero-order valence-corrected chi connectivity index (χ0v) is 13.9. The third kappa shape index (κ3) is 3.32. The van der Waals surface area contributed by atoms with Crippen LogP contribution in [0.2, 0.25) is 0 Å². The highest BCUT2D eigenvalue weighted by atomic mass is 79.9. The highest BCUT2D eigenvalue weighted by molar-refractivity contribution is 9.10. The minimum atomic E-state index is 0.374. The number of nitrogens with one attached hydrogen (secondary N) is 1. The Kier molecular flexibility index (Phi) is 4.54. The third-order valence-corrected chi connectivity index (χ3v) is 4.36. The van der Waals surface area contributed by atoms with Gasteiger partial charge in [-0.3, -0.25) is 0 Å². The van der Waals surface area contributed by atoms with Crippen molar-refractivity contribution in [2.24, 2.45) is 5.73 Å². The van der Waals surface area contributed by atoms with Crippen LogP contribution in [-0.4, -0.2) is 9.97 Å². The van der Waals surface area contributed by atoms with Crippen LogP contribution in [0.5, 0.6) is 0 Å². The van der Waals surface area contributed by atoms with Crippen molar-refractivity contribution in [3.63, 3.8) is 0 Å².